The number of nitrogens with zero attached hydrogens (tertiary/aromatic N) is 2. The Morgan fingerprint density at radius 3 is 2.71 bits per heavy atom. The Hall–Kier alpha value is -3.14. The van der Waals surface area contributed by atoms with Crippen LogP contribution in [0, 0.1) is 5.92 Å². The highest BCUT2D eigenvalue weighted by molar-refractivity contribution is 5.67. The number of hydrogen-bond donors (Lipinski definition) is 2. The molecule has 0 bridgehead atoms. The van der Waals surface area contributed by atoms with Gasteiger partial charge in [-0.25, -0.2) is 0 Å². The van der Waals surface area contributed by atoms with E-state index in [-0.39, 0.29) is 42.6 Å². The molecule has 2 N–H and O–H groups in total. The van der Waals surface area contributed by atoms with Crippen molar-refractivity contribution in [2.45, 2.75) is 63.8 Å². The number of carboxylic acids is 1. The summed E-state index contributed by atoms with van der Waals surface area (Å²) in [6.07, 6.45) is -0.773. The van der Waals surface area contributed by atoms with Crippen LogP contribution >= 0.6 is 0 Å². The first-order chi connectivity index (χ1) is 16.6. The number of carbonyl (C=O) groups is 1. The maximum absolute atomic E-state index is 13.7. The summed E-state index contributed by atoms with van der Waals surface area (Å²) in [5.41, 5.74) is 0.963. The Labute approximate surface area is 201 Å². The van der Waals surface area contributed by atoms with E-state index in [0.717, 1.165) is 12.0 Å². The Kier molecular flexibility index (Phi) is 7.30. The molecule has 2 heterocycles. The van der Waals surface area contributed by atoms with Crippen molar-refractivity contribution in [3.8, 4) is 11.4 Å². The summed E-state index contributed by atoms with van der Waals surface area (Å²) in [4.78, 5) is 15.3. The molecule has 1 saturated heterocycles. The highest BCUT2D eigenvalue weighted by atomic mass is 19.4. The molecule has 1 fully saturated rings. The van der Waals surface area contributed by atoms with Gasteiger partial charge in [-0.2, -0.15) is 18.2 Å². The zero-order valence-corrected chi connectivity index (χ0v) is 19.5. The van der Waals surface area contributed by atoms with Gasteiger partial charge < -0.3 is 19.7 Å². The number of aromatic nitrogens is 2. The smallest absolute Gasteiger partial charge is 0.416 e. The van der Waals surface area contributed by atoms with Crippen molar-refractivity contribution in [3.63, 3.8) is 0 Å². The van der Waals surface area contributed by atoms with Gasteiger partial charge in [0.05, 0.1) is 17.6 Å². The minimum Gasteiger partial charge on any atom is -0.490 e. The summed E-state index contributed by atoms with van der Waals surface area (Å²) < 4.78 is 51.9. The molecule has 7 nitrogen and oxygen atoms in total. The average molecular weight is 492 g/mol. The van der Waals surface area contributed by atoms with E-state index < -0.39 is 23.6 Å². The van der Waals surface area contributed by atoms with Crippen molar-refractivity contribution in [3.05, 3.63) is 59.2 Å². The van der Waals surface area contributed by atoms with Gasteiger partial charge >= 0.3 is 12.1 Å². The lowest BCUT2D eigenvalue weighted by Crippen LogP contribution is -2.21. The number of nitrogens with one attached hydrogen (secondary N) is 1. The Bertz CT molecular complexity index is 1110. The summed E-state index contributed by atoms with van der Waals surface area (Å²) in [7, 11) is 0. The summed E-state index contributed by atoms with van der Waals surface area (Å²) in [5.74, 6) is -1.17. The largest absolute Gasteiger partial charge is 0.490 e. The normalized spacial score (nSPS) is 23.5. The third kappa shape index (κ3) is 5.93. The van der Waals surface area contributed by atoms with Crippen molar-refractivity contribution in [1.82, 2.24) is 15.5 Å². The van der Waals surface area contributed by atoms with Crippen LogP contribution < -0.4 is 5.32 Å². The molecule has 35 heavy (non-hydrogen) atoms. The number of ether oxygens (including phenoxy) is 1. The van der Waals surface area contributed by atoms with E-state index in [2.05, 4.69) is 15.5 Å². The van der Waals surface area contributed by atoms with Crippen LogP contribution in [0.5, 0.6) is 0 Å². The molecule has 2 aromatic rings. The first-order valence-corrected chi connectivity index (χ1v) is 11.7. The molecule has 1 aromatic carbocycles. The molecule has 1 aromatic heterocycles. The van der Waals surface area contributed by atoms with Gasteiger partial charge in [-0.15, -0.1) is 0 Å². The standard InChI is InChI=1S/C25H28F3N3O4/c1-3-14(2)34-21-9-8-18(12-19(21)25(26,27)28)24-30-23(31-35-24)17-6-4-16(5-7-17)20-10-15(13-29-20)11-22(32)33/h4-9,14-15,18,20,29H,3,10-13H2,1-2H3,(H,32,33). The topological polar surface area (TPSA) is 97.5 Å². The Morgan fingerprint density at radius 2 is 2.06 bits per heavy atom. The lowest BCUT2D eigenvalue weighted by Gasteiger charge is -2.24. The van der Waals surface area contributed by atoms with Gasteiger partial charge in [0.1, 0.15) is 5.76 Å². The molecule has 1 aliphatic carbocycles. The van der Waals surface area contributed by atoms with E-state index >= 15 is 0 Å². The van der Waals surface area contributed by atoms with Gasteiger partial charge in [0, 0.05) is 18.0 Å². The van der Waals surface area contributed by atoms with Crippen LogP contribution in [0.15, 0.2) is 52.3 Å². The quantitative estimate of drug-likeness (QED) is 0.501. The molecule has 0 spiro atoms. The molecular formula is C25H28F3N3O4. The number of alkyl halides is 3. The average Bonchev–Trinajstić information content (AvgIpc) is 3.48. The SMILES string of the molecule is CCC(C)OC1=C(C(F)(F)F)CC(c2nc(-c3ccc(C4CC(CC(=O)O)CN4)cc3)no2)C=C1. The zero-order valence-electron chi connectivity index (χ0n) is 19.5. The van der Waals surface area contributed by atoms with Crippen LogP contribution in [0.2, 0.25) is 0 Å². The van der Waals surface area contributed by atoms with E-state index in [1.165, 1.54) is 6.08 Å². The van der Waals surface area contributed by atoms with Gasteiger partial charge in [0.2, 0.25) is 11.7 Å². The molecular weight excluding hydrogens is 463 g/mol. The van der Waals surface area contributed by atoms with E-state index in [1.807, 2.05) is 31.2 Å². The molecule has 4 rings (SSSR count). The van der Waals surface area contributed by atoms with E-state index in [0.29, 0.717) is 24.4 Å². The second kappa shape index (κ2) is 10.2. The first-order valence-electron chi connectivity index (χ1n) is 11.7. The lowest BCUT2D eigenvalue weighted by atomic mass is 9.92. The Morgan fingerprint density at radius 1 is 1.31 bits per heavy atom. The number of benzene rings is 1. The van der Waals surface area contributed by atoms with Crippen molar-refractivity contribution >= 4 is 5.97 Å². The zero-order chi connectivity index (χ0) is 25.2. The van der Waals surface area contributed by atoms with Crippen molar-refractivity contribution in [2.75, 3.05) is 6.54 Å². The third-order valence-corrected chi connectivity index (χ3v) is 6.46. The van der Waals surface area contributed by atoms with Gasteiger partial charge in [-0.3, -0.25) is 4.79 Å². The highest BCUT2D eigenvalue weighted by Crippen LogP contribution is 2.41. The maximum atomic E-state index is 13.7. The fraction of sp³-hybridized carbons (Fsp3) is 0.480. The second-order valence-electron chi connectivity index (χ2n) is 9.09. The molecule has 0 amide bonds. The minimum atomic E-state index is -4.53. The Balaban J connectivity index is 1.45. The van der Waals surface area contributed by atoms with Gasteiger partial charge in [0.15, 0.2) is 0 Å². The summed E-state index contributed by atoms with van der Waals surface area (Å²) in [6, 6.07) is 7.55. The minimum absolute atomic E-state index is 0.0704. The fourth-order valence-corrected chi connectivity index (χ4v) is 4.36. The molecule has 0 radical (unpaired) electrons. The third-order valence-electron chi connectivity index (χ3n) is 6.46. The van der Waals surface area contributed by atoms with Gasteiger partial charge in [-0.1, -0.05) is 42.4 Å². The lowest BCUT2D eigenvalue weighted by molar-refractivity contribution is -0.138. The highest BCUT2D eigenvalue weighted by Gasteiger charge is 2.41. The molecule has 0 saturated carbocycles. The monoisotopic (exact) mass is 491 g/mol. The van der Waals surface area contributed by atoms with Crippen LogP contribution in [0.3, 0.4) is 0 Å². The summed E-state index contributed by atoms with van der Waals surface area (Å²) in [5, 5.41) is 16.3. The van der Waals surface area contributed by atoms with Crippen LogP contribution in [0.1, 0.15) is 62.9 Å². The molecule has 1 aliphatic heterocycles. The van der Waals surface area contributed by atoms with Crippen molar-refractivity contribution in [1.29, 1.82) is 0 Å². The van der Waals surface area contributed by atoms with E-state index in [4.69, 9.17) is 14.4 Å². The molecule has 4 unspecified atom stereocenters. The molecule has 4 atom stereocenters. The predicted molar refractivity (Wildman–Crippen MR) is 121 cm³/mol. The second-order valence-corrected chi connectivity index (χ2v) is 9.09. The molecule has 188 valence electrons. The number of allylic oxidation sites excluding steroid dienone is 3. The van der Waals surface area contributed by atoms with Crippen LogP contribution in [-0.4, -0.2) is 40.0 Å². The van der Waals surface area contributed by atoms with Crippen molar-refractivity contribution < 1.29 is 32.3 Å². The first kappa shape index (κ1) is 25.0. The number of hydrogen-bond acceptors (Lipinski definition) is 6. The van der Waals surface area contributed by atoms with Gasteiger partial charge in [-0.05, 0) is 50.3 Å². The maximum Gasteiger partial charge on any atom is 0.416 e. The fourth-order valence-electron chi connectivity index (χ4n) is 4.36. The molecule has 2 aliphatic rings. The summed E-state index contributed by atoms with van der Waals surface area (Å²) >= 11 is 0. The summed E-state index contributed by atoms with van der Waals surface area (Å²) in [6.45, 7) is 4.23. The van der Waals surface area contributed by atoms with E-state index in [9.17, 15) is 18.0 Å². The number of halogens is 3. The number of aliphatic carboxylic acids is 1. The number of carboxylic acid groups (broad SMARTS) is 1. The number of rotatable bonds is 8. The molecule has 10 heteroatoms. The van der Waals surface area contributed by atoms with Gasteiger partial charge in [0.25, 0.3) is 0 Å². The van der Waals surface area contributed by atoms with Crippen LogP contribution in [-0.2, 0) is 9.53 Å². The van der Waals surface area contributed by atoms with Crippen LogP contribution in [0.25, 0.3) is 11.4 Å². The van der Waals surface area contributed by atoms with Crippen molar-refractivity contribution in [2.24, 2.45) is 5.92 Å². The van der Waals surface area contributed by atoms with Crippen LogP contribution in [0.4, 0.5) is 13.2 Å². The van der Waals surface area contributed by atoms with E-state index in [1.54, 1.807) is 13.0 Å². The predicted octanol–water partition coefficient (Wildman–Crippen LogP) is 5.54.